The molecule has 9 rings (SSSR count). The minimum Gasteiger partial charge on any atom is -0.374 e. The molecule has 0 amide bonds. The molecule has 0 unspecified atom stereocenters. The van der Waals surface area contributed by atoms with Gasteiger partial charge in [0.2, 0.25) is 5.79 Å². The monoisotopic (exact) mass is 803 g/mol. The van der Waals surface area contributed by atoms with Crippen molar-refractivity contribution in [2.45, 2.75) is 83.0 Å². The summed E-state index contributed by atoms with van der Waals surface area (Å²) in [5, 5.41) is 1.09. The molecule has 300 valence electrons. The second-order valence-corrected chi connectivity index (χ2v) is 16.1. The van der Waals surface area contributed by atoms with Crippen LogP contribution in [0.2, 0.25) is 0 Å². The van der Waals surface area contributed by atoms with E-state index in [0.717, 1.165) is 62.0 Å². The summed E-state index contributed by atoms with van der Waals surface area (Å²) < 4.78 is 48.2. The van der Waals surface area contributed by atoms with Crippen LogP contribution < -0.4 is 0 Å². The Balaban J connectivity index is 1.13. The highest BCUT2D eigenvalue weighted by Gasteiger charge is 2.61. The van der Waals surface area contributed by atoms with E-state index in [0.29, 0.717) is 33.0 Å². The summed E-state index contributed by atoms with van der Waals surface area (Å²) in [6.07, 6.45) is -0.790. The van der Waals surface area contributed by atoms with Gasteiger partial charge < -0.3 is 28.4 Å². The van der Waals surface area contributed by atoms with E-state index in [4.69, 9.17) is 32.8 Å². The second kappa shape index (κ2) is 18.5. The van der Waals surface area contributed by atoms with Gasteiger partial charge in [-0.1, -0.05) is 153 Å². The number of aromatic nitrogens is 1. The predicted molar refractivity (Wildman–Crippen MR) is 231 cm³/mol. The van der Waals surface area contributed by atoms with Crippen LogP contribution >= 0.6 is 11.5 Å². The van der Waals surface area contributed by atoms with Gasteiger partial charge in [-0.3, -0.25) is 0 Å². The average Bonchev–Trinajstić information content (AvgIpc) is 3.85. The molecule has 1 aromatic heterocycles. The first-order chi connectivity index (χ1) is 29.1. The van der Waals surface area contributed by atoms with E-state index < -0.39 is 30.2 Å². The Hall–Kier alpha value is -5.03. The van der Waals surface area contributed by atoms with Gasteiger partial charge in [-0.25, -0.2) is 0 Å². The van der Waals surface area contributed by atoms with Gasteiger partial charge in [0.05, 0.1) is 50.0 Å². The Morgan fingerprint density at radius 1 is 0.610 bits per heavy atom. The third-order valence-corrected chi connectivity index (χ3v) is 12.2. The number of hydrogen-bond donors (Lipinski definition) is 0. The third kappa shape index (κ3) is 8.95. The van der Waals surface area contributed by atoms with Gasteiger partial charge in [-0.15, -0.1) is 0 Å². The number of ether oxygens (including phenoxy) is 6. The summed E-state index contributed by atoms with van der Waals surface area (Å²) in [5.41, 5.74) is 9.75. The molecule has 1 spiro atoms. The largest absolute Gasteiger partial charge is 0.374 e. The highest BCUT2D eigenvalue weighted by molar-refractivity contribution is 7.13. The molecular formula is C51H49NO6S. The fourth-order valence-electron chi connectivity index (χ4n) is 8.17. The van der Waals surface area contributed by atoms with E-state index in [1.165, 1.54) is 22.7 Å². The Morgan fingerprint density at radius 2 is 1.15 bits per heavy atom. The summed E-state index contributed by atoms with van der Waals surface area (Å²) >= 11 is 1.53. The minimum absolute atomic E-state index is 0.243. The Labute approximate surface area is 350 Å². The van der Waals surface area contributed by atoms with Crippen LogP contribution in [-0.2, 0) is 80.1 Å². The van der Waals surface area contributed by atoms with Crippen molar-refractivity contribution < 1.29 is 28.4 Å². The van der Waals surface area contributed by atoms with Crippen molar-refractivity contribution in [3.05, 3.63) is 208 Å². The molecule has 0 saturated carbocycles. The van der Waals surface area contributed by atoms with Crippen LogP contribution in [0.3, 0.4) is 0 Å². The van der Waals surface area contributed by atoms with E-state index in [2.05, 4.69) is 91.9 Å². The first-order valence-electron chi connectivity index (χ1n) is 20.5. The van der Waals surface area contributed by atoms with Gasteiger partial charge in [0, 0.05) is 17.4 Å². The summed E-state index contributed by atoms with van der Waals surface area (Å²) in [6.45, 7) is 4.21. The highest BCUT2D eigenvalue weighted by atomic mass is 32.1. The van der Waals surface area contributed by atoms with Gasteiger partial charge >= 0.3 is 0 Å². The Bertz CT molecular complexity index is 2390. The Kier molecular flexibility index (Phi) is 12.4. The number of nitrogens with zero attached hydrogens (tertiary/aromatic N) is 1. The molecule has 0 bridgehead atoms. The predicted octanol–water partition coefficient (Wildman–Crippen LogP) is 10.5. The van der Waals surface area contributed by atoms with Crippen molar-refractivity contribution in [2.75, 3.05) is 6.61 Å². The number of rotatable bonds is 16. The molecule has 0 N–H and O–H groups in total. The van der Waals surface area contributed by atoms with Gasteiger partial charge in [-0.2, -0.15) is 4.37 Å². The van der Waals surface area contributed by atoms with Gasteiger partial charge in [0.25, 0.3) is 0 Å². The molecule has 3 heterocycles. The van der Waals surface area contributed by atoms with Crippen LogP contribution in [0.1, 0.15) is 57.1 Å². The number of fused-ring (bicyclic) bond motifs is 3. The number of aryl methyl sites for hydroxylation is 1. The molecule has 0 aliphatic carbocycles. The SMILES string of the molecule is CCc1ccc(Cc2nsc3cc4c(cc23)[C@]2(OC4)O[C@H](COCc3ccccc3)[C@@H](OCc3ccccc3)[C@H](OCc3ccccc3)[C@H]2OCc2ccccc2)cc1. The van der Waals surface area contributed by atoms with Crippen LogP contribution in [-0.4, -0.2) is 35.4 Å². The molecule has 7 nitrogen and oxygen atoms in total. The summed E-state index contributed by atoms with van der Waals surface area (Å²) in [7, 11) is 0. The van der Waals surface area contributed by atoms with Crippen LogP contribution in [0.15, 0.2) is 158 Å². The molecule has 6 aromatic carbocycles. The normalized spacial score (nSPS) is 21.2. The molecule has 8 heteroatoms. The lowest BCUT2D eigenvalue weighted by Crippen LogP contribution is -2.65. The van der Waals surface area contributed by atoms with Crippen molar-refractivity contribution in [1.82, 2.24) is 4.37 Å². The molecule has 59 heavy (non-hydrogen) atoms. The number of hydrogen-bond acceptors (Lipinski definition) is 8. The smallest absolute Gasteiger partial charge is 0.226 e. The van der Waals surface area contributed by atoms with Crippen molar-refractivity contribution >= 4 is 21.6 Å². The molecule has 2 aliphatic heterocycles. The maximum absolute atomic E-state index is 7.40. The lowest BCUT2D eigenvalue weighted by Gasteiger charge is -2.51. The van der Waals surface area contributed by atoms with Gasteiger partial charge in [-0.05, 0) is 69.0 Å². The summed E-state index contributed by atoms with van der Waals surface area (Å²) in [5.74, 6) is -1.34. The fourth-order valence-corrected chi connectivity index (χ4v) is 9.01. The van der Waals surface area contributed by atoms with Gasteiger partial charge in [0.15, 0.2) is 0 Å². The van der Waals surface area contributed by atoms with Crippen molar-refractivity contribution in [1.29, 1.82) is 0 Å². The average molecular weight is 804 g/mol. The second-order valence-electron chi connectivity index (χ2n) is 15.3. The van der Waals surface area contributed by atoms with Crippen LogP contribution in [0.25, 0.3) is 10.1 Å². The third-order valence-electron chi connectivity index (χ3n) is 11.3. The van der Waals surface area contributed by atoms with E-state index in [-0.39, 0.29) is 6.61 Å². The molecule has 0 radical (unpaired) electrons. The van der Waals surface area contributed by atoms with E-state index in [1.54, 1.807) is 0 Å². The molecule has 2 aliphatic rings. The fraction of sp³-hybridized carbons (Fsp3) is 0.275. The first-order valence-corrected chi connectivity index (χ1v) is 21.3. The maximum Gasteiger partial charge on any atom is 0.226 e. The summed E-state index contributed by atoms with van der Waals surface area (Å²) in [4.78, 5) is 0. The highest BCUT2D eigenvalue weighted by Crippen LogP contribution is 2.50. The Morgan fingerprint density at radius 3 is 1.75 bits per heavy atom. The molecule has 1 saturated heterocycles. The topological polar surface area (TPSA) is 68.3 Å². The van der Waals surface area contributed by atoms with Crippen LogP contribution in [0.4, 0.5) is 0 Å². The van der Waals surface area contributed by atoms with Crippen molar-refractivity contribution in [2.24, 2.45) is 0 Å². The standard InChI is InChI=1S/C51H49NO6S/c1-2-36-23-25-37(26-24-36)27-45-43-29-44-42(28-47(43)59-52-45)34-57-51(44)50(56-33-41-21-13-6-14-22-41)49(55-32-40-19-11-5-12-20-40)48(54-31-39-17-9-4-10-18-39)46(58-51)35-53-30-38-15-7-3-8-16-38/h3-26,28-29,46,48-50H,2,27,30-35H2,1H3/t46-,48-,49+,50-,51+/m1/s1. The summed E-state index contributed by atoms with van der Waals surface area (Å²) in [6, 6.07) is 54.1. The number of benzene rings is 6. The molecule has 5 atom stereocenters. The lowest BCUT2D eigenvalue weighted by atomic mass is 9.86. The van der Waals surface area contributed by atoms with E-state index in [9.17, 15) is 0 Å². The zero-order chi connectivity index (χ0) is 39.9. The van der Waals surface area contributed by atoms with Crippen LogP contribution in [0, 0.1) is 0 Å². The lowest BCUT2D eigenvalue weighted by molar-refractivity contribution is -0.387. The zero-order valence-corrected chi connectivity index (χ0v) is 34.1. The van der Waals surface area contributed by atoms with Gasteiger partial charge in [0.1, 0.15) is 24.4 Å². The van der Waals surface area contributed by atoms with Crippen LogP contribution in [0.5, 0.6) is 0 Å². The van der Waals surface area contributed by atoms with Crippen molar-refractivity contribution in [3.63, 3.8) is 0 Å². The van der Waals surface area contributed by atoms with E-state index in [1.807, 2.05) is 72.8 Å². The molecule has 1 fully saturated rings. The minimum atomic E-state index is -1.34. The van der Waals surface area contributed by atoms with Crippen molar-refractivity contribution in [3.8, 4) is 0 Å². The molecule has 7 aromatic rings. The maximum atomic E-state index is 7.40. The molecular weight excluding hydrogens is 755 g/mol. The quantitative estimate of drug-likeness (QED) is 0.0964. The zero-order valence-electron chi connectivity index (χ0n) is 33.3. The first kappa shape index (κ1) is 39.4. The van der Waals surface area contributed by atoms with E-state index >= 15 is 0 Å².